The Bertz CT molecular complexity index is 331. The van der Waals surface area contributed by atoms with Gasteiger partial charge in [-0.2, -0.15) is 4.98 Å². The average Bonchev–Trinajstić information content (AvgIpc) is 2.32. The van der Waals surface area contributed by atoms with Gasteiger partial charge in [0.1, 0.15) is 5.82 Å². The zero-order chi connectivity index (χ0) is 12.0. The van der Waals surface area contributed by atoms with Crippen molar-refractivity contribution in [3.63, 3.8) is 0 Å². The van der Waals surface area contributed by atoms with Gasteiger partial charge >= 0.3 is 0 Å². The molecule has 0 aliphatic rings. The van der Waals surface area contributed by atoms with Gasteiger partial charge in [0, 0.05) is 19.7 Å². The van der Waals surface area contributed by atoms with Gasteiger partial charge < -0.3 is 20.5 Å². The number of anilines is 2. The van der Waals surface area contributed by atoms with Crippen LogP contribution in [0.1, 0.15) is 13.3 Å². The third-order valence-corrected chi connectivity index (χ3v) is 2.36. The van der Waals surface area contributed by atoms with Gasteiger partial charge in [0.05, 0.1) is 12.8 Å². The molecule has 16 heavy (non-hydrogen) atoms. The van der Waals surface area contributed by atoms with Crippen molar-refractivity contribution in [2.24, 2.45) is 0 Å². The topological polar surface area (TPSA) is 71.6 Å². The van der Waals surface area contributed by atoms with Gasteiger partial charge in [-0.05, 0) is 25.5 Å². The van der Waals surface area contributed by atoms with Crippen LogP contribution in [-0.4, -0.2) is 36.9 Å². The van der Waals surface area contributed by atoms with Crippen molar-refractivity contribution in [2.75, 3.05) is 37.4 Å². The first kappa shape index (κ1) is 12.6. The number of aromatic nitrogens is 1. The fourth-order valence-electron chi connectivity index (χ4n) is 1.48. The Morgan fingerprint density at radius 2 is 2.25 bits per heavy atom. The van der Waals surface area contributed by atoms with Crippen LogP contribution in [0.5, 0.6) is 5.88 Å². The second kappa shape index (κ2) is 6.17. The van der Waals surface area contributed by atoms with E-state index in [1.165, 1.54) is 0 Å². The quantitative estimate of drug-likeness (QED) is 0.752. The van der Waals surface area contributed by atoms with Gasteiger partial charge in [0.15, 0.2) is 0 Å². The normalized spacial score (nSPS) is 10.2. The molecule has 0 atom stereocenters. The van der Waals surface area contributed by atoms with Crippen molar-refractivity contribution in [1.82, 2.24) is 4.98 Å². The summed E-state index contributed by atoms with van der Waals surface area (Å²) >= 11 is 0. The third-order valence-electron chi connectivity index (χ3n) is 2.36. The SMILES string of the molecule is CCN(CCCO)c1ccc(N)c(OC)n1. The lowest BCUT2D eigenvalue weighted by Crippen LogP contribution is -2.25. The van der Waals surface area contributed by atoms with Crippen LogP contribution in [-0.2, 0) is 0 Å². The number of ether oxygens (including phenoxy) is 1. The third kappa shape index (κ3) is 3.00. The van der Waals surface area contributed by atoms with Gasteiger partial charge in [0.2, 0.25) is 5.88 Å². The van der Waals surface area contributed by atoms with Crippen LogP contribution >= 0.6 is 0 Å². The standard InChI is InChI=1S/C11H19N3O2/c1-3-14(7-4-8-15)10-6-5-9(12)11(13-10)16-2/h5-6,15H,3-4,7-8,12H2,1-2H3. The van der Waals surface area contributed by atoms with Crippen molar-refractivity contribution in [1.29, 1.82) is 0 Å². The maximum absolute atomic E-state index is 8.81. The molecule has 0 aliphatic heterocycles. The molecule has 90 valence electrons. The molecule has 3 N–H and O–H groups in total. The molecule has 0 unspecified atom stereocenters. The van der Waals surface area contributed by atoms with Crippen LogP contribution in [0.4, 0.5) is 11.5 Å². The first-order valence-electron chi connectivity index (χ1n) is 5.39. The van der Waals surface area contributed by atoms with Gasteiger partial charge in [-0.1, -0.05) is 0 Å². The van der Waals surface area contributed by atoms with E-state index in [2.05, 4.69) is 9.88 Å². The summed E-state index contributed by atoms with van der Waals surface area (Å²) in [6.07, 6.45) is 0.724. The van der Waals surface area contributed by atoms with Gasteiger partial charge in [-0.25, -0.2) is 0 Å². The summed E-state index contributed by atoms with van der Waals surface area (Å²) < 4.78 is 5.07. The van der Waals surface area contributed by atoms with Crippen LogP contribution < -0.4 is 15.4 Å². The first-order chi connectivity index (χ1) is 7.72. The molecule has 0 saturated carbocycles. The van der Waals surface area contributed by atoms with Crippen LogP contribution in [0, 0.1) is 0 Å². The second-order valence-electron chi connectivity index (χ2n) is 3.42. The van der Waals surface area contributed by atoms with E-state index in [0.717, 1.165) is 25.3 Å². The largest absolute Gasteiger partial charge is 0.479 e. The molecule has 0 fully saturated rings. The van der Waals surface area contributed by atoms with E-state index in [1.807, 2.05) is 13.0 Å². The van der Waals surface area contributed by atoms with E-state index in [1.54, 1.807) is 13.2 Å². The van der Waals surface area contributed by atoms with Crippen molar-refractivity contribution >= 4 is 11.5 Å². The summed E-state index contributed by atoms with van der Waals surface area (Å²) in [7, 11) is 1.55. The van der Waals surface area contributed by atoms with E-state index in [4.69, 9.17) is 15.6 Å². The molecule has 0 amide bonds. The molecule has 0 bridgehead atoms. The van der Waals surface area contributed by atoms with Crippen LogP contribution in [0.2, 0.25) is 0 Å². The monoisotopic (exact) mass is 225 g/mol. The van der Waals surface area contributed by atoms with Crippen LogP contribution in [0.3, 0.4) is 0 Å². The Hall–Kier alpha value is -1.49. The predicted octanol–water partition coefficient (Wildman–Crippen LogP) is 0.881. The van der Waals surface area contributed by atoms with Gasteiger partial charge in [-0.3, -0.25) is 0 Å². The molecule has 0 aromatic carbocycles. The summed E-state index contributed by atoms with van der Waals surface area (Å²) in [6.45, 7) is 3.83. The number of hydrogen-bond acceptors (Lipinski definition) is 5. The summed E-state index contributed by atoms with van der Waals surface area (Å²) in [5.41, 5.74) is 6.23. The average molecular weight is 225 g/mol. The van der Waals surface area contributed by atoms with Crippen LogP contribution in [0.15, 0.2) is 12.1 Å². The smallest absolute Gasteiger partial charge is 0.238 e. The lowest BCUT2D eigenvalue weighted by Gasteiger charge is -2.22. The molecule has 0 saturated heterocycles. The number of rotatable bonds is 6. The number of nitrogens with zero attached hydrogens (tertiary/aromatic N) is 2. The summed E-state index contributed by atoms with van der Waals surface area (Å²) in [5.74, 6) is 1.27. The minimum atomic E-state index is 0.183. The summed E-state index contributed by atoms with van der Waals surface area (Å²) in [5, 5.41) is 8.81. The maximum Gasteiger partial charge on any atom is 0.238 e. The molecule has 5 heteroatoms. The highest BCUT2D eigenvalue weighted by Gasteiger charge is 2.08. The first-order valence-corrected chi connectivity index (χ1v) is 5.39. The van der Waals surface area contributed by atoms with Crippen molar-refractivity contribution in [3.05, 3.63) is 12.1 Å². The van der Waals surface area contributed by atoms with E-state index >= 15 is 0 Å². The highest BCUT2D eigenvalue weighted by atomic mass is 16.5. The molecule has 0 aliphatic carbocycles. The summed E-state index contributed by atoms with van der Waals surface area (Å²) in [6, 6.07) is 3.64. The molecule has 0 spiro atoms. The highest BCUT2D eigenvalue weighted by molar-refractivity contribution is 5.54. The molecular weight excluding hydrogens is 206 g/mol. The van der Waals surface area contributed by atoms with Crippen molar-refractivity contribution in [3.8, 4) is 5.88 Å². The van der Waals surface area contributed by atoms with E-state index in [-0.39, 0.29) is 6.61 Å². The molecule has 1 aromatic heterocycles. The molecule has 5 nitrogen and oxygen atoms in total. The zero-order valence-electron chi connectivity index (χ0n) is 9.81. The van der Waals surface area contributed by atoms with E-state index < -0.39 is 0 Å². The minimum Gasteiger partial charge on any atom is -0.479 e. The number of methoxy groups -OCH3 is 1. The Morgan fingerprint density at radius 3 is 2.81 bits per heavy atom. The molecule has 0 radical (unpaired) electrons. The number of nitrogens with two attached hydrogens (primary N) is 1. The maximum atomic E-state index is 8.81. The summed E-state index contributed by atoms with van der Waals surface area (Å²) in [4.78, 5) is 6.38. The highest BCUT2D eigenvalue weighted by Crippen LogP contribution is 2.22. The Labute approximate surface area is 95.8 Å². The minimum absolute atomic E-state index is 0.183. The van der Waals surface area contributed by atoms with Crippen molar-refractivity contribution < 1.29 is 9.84 Å². The van der Waals surface area contributed by atoms with Crippen LogP contribution in [0.25, 0.3) is 0 Å². The Kier molecular flexibility index (Phi) is 4.85. The fraction of sp³-hybridized carbons (Fsp3) is 0.545. The Morgan fingerprint density at radius 1 is 1.50 bits per heavy atom. The lowest BCUT2D eigenvalue weighted by molar-refractivity contribution is 0.289. The zero-order valence-corrected chi connectivity index (χ0v) is 9.81. The lowest BCUT2D eigenvalue weighted by atomic mass is 10.3. The second-order valence-corrected chi connectivity index (χ2v) is 3.42. The van der Waals surface area contributed by atoms with E-state index in [0.29, 0.717) is 11.6 Å². The number of hydrogen-bond donors (Lipinski definition) is 2. The number of aliphatic hydroxyl groups is 1. The fourth-order valence-corrected chi connectivity index (χ4v) is 1.48. The molecular formula is C11H19N3O2. The van der Waals surface area contributed by atoms with E-state index in [9.17, 15) is 0 Å². The Balaban J connectivity index is 2.83. The predicted molar refractivity (Wildman–Crippen MR) is 64.8 cm³/mol. The van der Waals surface area contributed by atoms with Gasteiger partial charge in [0.25, 0.3) is 0 Å². The molecule has 1 rings (SSSR count). The van der Waals surface area contributed by atoms with Gasteiger partial charge in [-0.15, -0.1) is 0 Å². The molecule has 1 heterocycles. The number of pyridine rings is 1. The number of nitrogen functional groups attached to an aromatic ring is 1. The molecule has 1 aromatic rings. The number of aliphatic hydroxyl groups excluding tert-OH is 1. The van der Waals surface area contributed by atoms with Crippen molar-refractivity contribution in [2.45, 2.75) is 13.3 Å².